The Labute approximate surface area is 203 Å². The van der Waals surface area contributed by atoms with Gasteiger partial charge in [0.2, 0.25) is 5.91 Å². The van der Waals surface area contributed by atoms with Crippen LogP contribution in [-0.2, 0) is 14.4 Å². The maximum absolute atomic E-state index is 13.2. The van der Waals surface area contributed by atoms with Crippen molar-refractivity contribution in [3.05, 3.63) is 99.0 Å². The molecule has 0 bridgehead atoms. The largest absolute Gasteiger partial charge is 0.507 e. The summed E-state index contributed by atoms with van der Waals surface area (Å²) in [7, 11) is 0. The lowest BCUT2D eigenvalue weighted by molar-refractivity contribution is -0.132. The molecule has 8 heteroatoms. The molecule has 0 spiro atoms. The molecule has 3 aromatic carbocycles. The molecule has 4 rings (SSSR count). The Morgan fingerprint density at radius 3 is 2.15 bits per heavy atom. The van der Waals surface area contributed by atoms with Gasteiger partial charge in [0.25, 0.3) is 11.7 Å². The lowest BCUT2D eigenvalue weighted by Gasteiger charge is -2.25. The second kappa shape index (κ2) is 9.21. The van der Waals surface area contributed by atoms with Gasteiger partial charge >= 0.3 is 0 Å². The number of nitrogens with one attached hydrogen (secondary N) is 1. The van der Waals surface area contributed by atoms with Crippen LogP contribution in [0.2, 0.25) is 5.02 Å². The molecule has 1 unspecified atom stereocenters. The van der Waals surface area contributed by atoms with Crippen LogP contribution in [0.5, 0.6) is 0 Å². The van der Waals surface area contributed by atoms with E-state index in [1.165, 1.54) is 11.8 Å². The first-order valence-electron chi connectivity index (χ1n) is 9.96. The second-order valence-electron chi connectivity index (χ2n) is 7.46. The Hall–Kier alpha value is -3.42. The minimum Gasteiger partial charge on any atom is -0.507 e. The van der Waals surface area contributed by atoms with Gasteiger partial charge in [-0.3, -0.25) is 19.3 Å². The van der Waals surface area contributed by atoms with E-state index in [1.54, 1.807) is 72.8 Å². The summed E-state index contributed by atoms with van der Waals surface area (Å²) >= 11 is 9.35. The van der Waals surface area contributed by atoms with Crippen LogP contribution >= 0.6 is 27.5 Å². The van der Waals surface area contributed by atoms with Gasteiger partial charge in [0.1, 0.15) is 5.76 Å². The number of hydrogen-bond donors (Lipinski definition) is 2. The van der Waals surface area contributed by atoms with Gasteiger partial charge in [-0.2, -0.15) is 0 Å². The van der Waals surface area contributed by atoms with Crippen molar-refractivity contribution in [2.75, 3.05) is 10.2 Å². The highest BCUT2D eigenvalue weighted by Crippen LogP contribution is 2.42. The van der Waals surface area contributed by atoms with Crippen LogP contribution in [0, 0.1) is 0 Å². The molecule has 1 aliphatic rings. The molecule has 1 saturated heterocycles. The predicted octanol–water partition coefficient (Wildman–Crippen LogP) is 5.69. The first kappa shape index (κ1) is 22.8. The van der Waals surface area contributed by atoms with E-state index in [1.807, 2.05) is 0 Å². The van der Waals surface area contributed by atoms with Gasteiger partial charge in [-0.25, -0.2) is 0 Å². The molecule has 2 amide bonds. The summed E-state index contributed by atoms with van der Waals surface area (Å²) in [6.07, 6.45) is 0. The van der Waals surface area contributed by atoms with E-state index >= 15 is 0 Å². The number of hydrogen-bond acceptors (Lipinski definition) is 4. The highest BCUT2D eigenvalue weighted by Gasteiger charge is 2.46. The molecule has 0 radical (unpaired) electrons. The number of rotatable bonds is 4. The number of carbonyl (C=O) groups is 3. The van der Waals surface area contributed by atoms with Crippen LogP contribution in [0.3, 0.4) is 0 Å². The van der Waals surface area contributed by atoms with Crippen LogP contribution in [0.15, 0.2) is 82.8 Å². The average Bonchev–Trinajstić information content (AvgIpc) is 3.05. The number of carbonyl (C=O) groups excluding carboxylic acids is 3. The van der Waals surface area contributed by atoms with Crippen molar-refractivity contribution in [1.29, 1.82) is 0 Å². The zero-order valence-corrected chi connectivity index (χ0v) is 19.7. The summed E-state index contributed by atoms with van der Waals surface area (Å²) < 4.78 is 0.834. The summed E-state index contributed by atoms with van der Waals surface area (Å²) in [4.78, 5) is 39.0. The van der Waals surface area contributed by atoms with Crippen molar-refractivity contribution in [1.82, 2.24) is 0 Å². The number of amides is 2. The lowest BCUT2D eigenvalue weighted by atomic mass is 9.95. The number of halogens is 2. The van der Waals surface area contributed by atoms with Crippen LogP contribution < -0.4 is 10.2 Å². The van der Waals surface area contributed by atoms with E-state index in [0.717, 1.165) is 4.47 Å². The molecule has 6 nitrogen and oxygen atoms in total. The average molecular weight is 526 g/mol. The van der Waals surface area contributed by atoms with E-state index in [0.29, 0.717) is 27.5 Å². The van der Waals surface area contributed by atoms with Crippen molar-refractivity contribution in [3.63, 3.8) is 0 Å². The summed E-state index contributed by atoms with van der Waals surface area (Å²) in [6, 6.07) is 19.3. The normalized spacial score (nSPS) is 17.3. The standard InChI is InChI=1S/C25H18BrClN2O4/c1-14(30)28-19-10-12-20(13-11-19)29-22(15-2-6-17(26)7-3-15)21(24(32)25(29)33)23(31)16-4-8-18(27)9-5-16/h2-13,22,31H,1H3,(H,28,30)/b23-21+. The fraction of sp³-hybridized carbons (Fsp3) is 0.0800. The number of ketones is 1. The van der Waals surface area contributed by atoms with Gasteiger partial charge in [0.05, 0.1) is 11.6 Å². The molecule has 2 N–H and O–H groups in total. The number of nitrogens with zero attached hydrogens (tertiary/aromatic N) is 1. The Kier molecular flexibility index (Phi) is 6.35. The number of Topliss-reactive ketones (excluding diaryl/α,β-unsaturated/α-hetero) is 1. The summed E-state index contributed by atoms with van der Waals surface area (Å²) in [5.41, 5.74) is 2.02. The third kappa shape index (κ3) is 4.55. The highest BCUT2D eigenvalue weighted by molar-refractivity contribution is 9.10. The monoisotopic (exact) mass is 524 g/mol. The molecule has 1 heterocycles. The minimum absolute atomic E-state index is 0.0180. The van der Waals surface area contributed by atoms with E-state index < -0.39 is 17.7 Å². The zero-order chi connectivity index (χ0) is 23.7. The maximum atomic E-state index is 13.2. The van der Waals surface area contributed by atoms with Crippen LogP contribution in [0.1, 0.15) is 24.1 Å². The van der Waals surface area contributed by atoms with Crippen molar-refractivity contribution >= 4 is 62.3 Å². The number of aliphatic hydroxyl groups is 1. The van der Waals surface area contributed by atoms with E-state index in [2.05, 4.69) is 21.2 Å². The van der Waals surface area contributed by atoms with Gasteiger partial charge in [0, 0.05) is 33.4 Å². The molecular weight excluding hydrogens is 508 g/mol. The number of benzene rings is 3. The lowest BCUT2D eigenvalue weighted by Crippen LogP contribution is -2.29. The molecule has 1 aliphatic heterocycles. The molecule has 0 aromatic heterocycles. The smallest absolute Gasteiger partial charge is 0.300 e. The van der Waals surface area contributed by atoms with E-state index in [9.17, 15) is 19.5 Å². The minimum atomic E-state index is -0.847. The van der Waals surface area contributed by atoms with Gasteiger partial charge < -0.3 is 10.4 Å². The van der Waals surface area contributed by atoms with E-state index in [-0.39, 0.29) is 17.2 Å². The van der Waals surface area contributed by atoms with Gasteiger partial charge in [0.15, 0.2) is 0 Å². The molecular formula is C25H18BrClN2O4. The van der Waals surface area contributed by atoms with Gasteiger partial charge in [-0.15, -0.1) is 0 Å². The quantitative estimate of drug-likeness (QED) is 0.260. The zero-order valence-electron chi connectivity index (χ0n) is 17.4. The summed E-state index contributed by atoms with van der Waals surface area (Å²) in [5.74, 6) is -2.05. The molecule has 33 heavy (non-hydrogen) atoms. The van der Waals surface area contributed by atoms with Crippen molar-refractivity contribution in [2.45, 2.75) is 13.0 Å². The topological polar surface area (TPSA) is 86.7 Å². The maximum Gasteiger partial charge on any atom is 0.300 e. The third-order valence-corrected chi connectivity index (χ3v) is 5.99. The van der Waals surface area contributed by atoms with E-state index in [4.69, 9.17) is 11.6 Å². The molecule has 1 fully saturated rings. The van der Waals surface area contributed by atoms with Crippen LogP contribution in [-0.4, -0.2) is 22.7 Å². The number of aliphatic hydroxyl groups excluding tert-OH is 1. The van der Waals surface area contributed by atoms with Crippen LogP contribution in [0.4, 0.5) is 11.4 Å². The fourth-order valence-corrected chi connectivity index (χ4v) is 4.12. The van der Waals surface area contributed by atoms with Gasteiger partial charge in [-0.05, 0) is 66.2 Å². The molecule has 0 saturated carbocycles. The highest BCUT2D eigenvalue weighted by atomic mass is 79.9. The Balaban J connectivity index is 1.87. The molecule has 166 valence electrons. The Morgan fingerprint density at radius 1 is 0.970 bits per heavy atom. The Morgan fingerprint density at radius 2 is 1.58 bits per heavy atom. The molecule has 0 aliphatic carbocycles. The fourth-order valence-electron chi connectivity index (χ4n) is 3.73. The third-order valence-electron chi connectivity index (χ3n) is 5.21. The van der Waals surface area contributed by atoms with Crippen molar-refractivity contribution in [3.8, 4) is 0 Å². The summed E-state index contributed by atoms with van der Waals surface area (Å²) in [5, 5.41) is 14.2. The van der Waals surface area contributed by atoms with Gasteiger partial charge in [-0.1, -0.05) is 39.7 Å². The molecule has 1 atom stereocenters. The van der Waals surface area contributed by atoms with Crippen LogP contribution in [0.25, 0.3) is 5.76 Å². The molecule has 3 aromatic rings. The second-order valence-corrected chi connectivity index (χ2v) is 8.81. The first-order chi connectivity index (χ1) is 15.8. The number of anilines is 2. The van der Waals surface area contributed by atoms with Crippen molar-refractivity contribution < 1.29 is 19.5 Å². The Bertz CT molecular complexity index is 1270. The predicted molar refractivity (Wildman–Crippen MR) is 131 cm³/mol. The summed E-state index contributed by atoms with van der Waals surface area (Å²) in [6.45, 7) is 1.40. The SMILES string of the molecule is CC(=O)Nc1ccc(N2C(=O)C(=O)/C(=C(/O)c3ccc(Cl)cc3)C2c2ccc(Br)cc2)cc1. The van der Waals surface area contributed by atoms with Crippen molar-refractivity contribution in [2.24, 2.45) is 0 Å². The first-order valence-corrected chi connectivity index (χ1v) is 11.1.